The van der Waals surface area contributed by atoms with Gasteiger partial charge in [0.1, 0.15) is 5.70 Å². The molecule has 0 aliphatic carbocycles. The van der Waals surface area contributed by atoms with Crippen LogP contribution in [0.4, 0.5) is 10.5 Å². The molecule has 8 nitrogen and oxygen atoms in total. The first-order chi connectivity index (χ1) is 13.5. The maximum atomic E-state index is 12.6. The van der Waals surface area contributed by atoms with E-state index in [-0.39, 0.29) is 24.5 Å². The van der Waals surface area contributed by atoms with Crippen molar-refractivity contribution in [1.29, 1.82) is 0 Å². The molecular formula is C19H17N3O5S. The number of hydrogen-bond donors (Lipinski definition) is 2. The fourth-order valence-electron chi connectivity index (χ4n) is 2.69. The van der Waals surface area contributed by atoms with Gasteiger partial charge >= 0.3 is 6.03 Å². The largest absolute Gasteiger partial charge is 0.396 e. The van der Waals surface area contributed by atoms with Crippen molar-refractivity contribution in [2.75, 3.05) is 12.4 Å². The number of nitrogens with one attached hydrogen (secondary N) is 1. The summed E-state index contributed by atoms with van der Waals surface area (Å²) in [6.45, 7) is 0.0468. The summed E-state index contributed by atoms with van der Waals surface area (Å²) in [7, 11) is 0. The summed E-state index contributed by atoms with van der Waals surface area (Å²) in [6, 6.07) is 13.1. The summed E-state index contributed by atoms with van der Waals surface area (Å²) >= 11 is 1.17. The highest BCUT2D eigenvalue weighted by Gasteiger charge is 2.33. The number of hydrogen-bond acceptors (Lipinski definition) is 6. The molecule has 3 amide bonds. The molecule has 9 heteroatoms. The van der Waals surface area contributed by atoms with Crippen molar-refractivity contribution in [2.24, 2.45) is 0 Å². The standard InChI is InChI=1S/C19H17N3O5S/c23-8-9-28-17-7-6-14(11-16(17)22(26)27)10-15-18(24)21(19(25)20-15)12-13-4-2-1-3-5-13/h1-7,10-11,23H,8-9,12H2,(H,20,25)/b15-10-. The number of carbonyl (C=O) groups excluding carboxylic acids is 2. The molecule has 2 N–H and O–H groups in total. The van der Waals surface area contributed by atoms with Crippen LogP contribution < -0.4 is 5.32 Å². The minimum Gasteiger partial charge on any atom is -0.396 e. The first kappa shape index (κ1) is 19.6. The number of urea groups is 1. The molecule has 144 valence electrons. The third-order valence-corrected chi connectivity index (χ3v) is 5.03. The van der Waals surface area contributed by atoms with Crippen LogP contribution in [0.1, 0.15) is 11.1 Å². The second-order valence-electron chi connectivity index (χ2n) is 5.92. The van der Waals surface area contributed by atoms with Crippen molar-refractivity contribution in [2.45, 2.75) is 11.4 Å². The minimum absolute atomic E-state index is 0.0611. The van der Waals surface area contributed by atoms with Gasteiger partial charge in [-0.05, 0) is 23.3 Å². The van der Waals surface area contributed by atoms with E-state index in [1.165, 1.54) is 23.9 Å². The molecule has 0 radical (unpaired) electrons. The van der Waals surface area contributed by atoms with Gasteiger partial charge in [0.15, 0.2) is 0 Å². The Labute approximate surface area is 165 Å². The van der Waals surface area contributed by atoms with Crippen LogP contribution in [-0.4, -0.2) is 39.2 Å². The highest BCUT2D eigenvalue weighted by molar-refractivity contribution is 7.99. The monoisotopic (exact) mass is 399 g/mol. The number of aliphatic hydroxyl groups excluding tert-OH is 1. The highest BCUT2D eigenvalue weighted by Crippen LogP contribution is 2.30. The molecule has 28 heavy (non-hydrogen) atoms. The van der Waals surface area contributed by atoms with Crippen LogP contribution in [0.5, 0.6) is 0 Å². The third-order valence-electron chi connectivity index (χ3n) is 3.99. The van der Waals surface area contributed by atoms with E-state index in [0.29, 0.717) is 16.2 Å². The first-order valence-corrected chi connectivity index (χ1v) is 9.38. The van der Waals surface area contributed by atoms with Crippen LogP contribution >= 0.6 is 11.8 Å². The number of amides is 3. The quantitative estimate of drug-likeness (QED) is 0.243. The summed E-state index contributed by atoms with van der Waals surface area (Å²) in [5.41, 5.74) is 1.18. The number of carbonyl (C=O) groups is 2. The molecule has 1 aliphatic rings. The second kappa shape index (κ2) is 8.68. The number of thioether (sulfide) groups is 1. The smallest absolute Gasteiger partial charge is 0.329 e. The summed E-state index contributed by atoms with van der Waals surface area (Å²) in [6.07, 6.45) is 1.42. The molecule has 0 spiro atoms. The van der Waals surface area contributed by atoms with E-state index in [2.05, 4.69) is 5.32 Å². The first-order valence-electron chi connectivity index (χ1n) is 8.40. The van der Waals surface area contributed by atoms with Crippen LogP contribution in [0.3, 0.4) is 0 Å². The fraction of sp³-hybridized carbons (Fsp3) is 0.158. The van der Waals surface area contributed by atoms with Crippen molar-refractivity contribution >= 4 is 35.5 Å². The Balaban J connectivity index is 1.83. The van der Waals surface area contributed by atoms with E-state index in [4.69, 9.17) is 5.11 Å². The van der Waals surface area contributed by atoms with Crippen LogP contribution in [0.2, 0.25) is 0 Å². The molecular weight excluding hydrogens is 382 g/mol. The van der Waals surface area contributed by atoms with E-state index in [0.717, 1.165) is 10.5 Å². The van der Waals surface area contributed by atoms with Gasteiger partial charge in [0.05, 0.1) is 23.0 Å². The summed E-state index contributed by atoms with van der Waals surface area (Å²) < 4.78 is 0. The average Bonchev–Trinajstić information content (AvgIpc) is 2.95. The molecule has 0 aromatic heterocycles. The Kier molecular flexibility index (Phi) is 6.07. The maximum absolute atomic E-state index is 12.6. The number of nitro groups is 1. The zero-order chi connectivity index (χ0) is 20.1. The molecule has 0 bridgehead atoms. The van der Waals surface area contributed by atoms with Gasteiger partial charge in [-0.25, -0.2) is 4.79 Å². The predicted molar refractivity (Wildman–Crippen MR) is 104 cm³/mol. The van der Waals surface area contributed by atoms with E-state index in [1.54, 1.807) is 12.1 Å². The van der Waals surface area contributed by atoms with Gasteiger partial charge in [0, 0.05) is 11.8 Å². The Morgan fingerprint density at radius 3 is 2.61 bits per heavy atom. The number of benzene rings is 2. The molecule has 0 atom stereocenters. The molecule has 1 heterocycles. The van der Waals surface area contributed by atoms with E-state index < -0.39 is 16.9 Å². The van der Waals surface area contributed by atoms with Crippen LogP contribution in [-0.2, 0) is 11.3 Å². The summed E-state index contributed by atoms with van der Waals surface area (Å²) in [5.74, 6) is -0.153. The zero-order valence-electron chi connectivity index (χ0n) is 14.7. The maximum Gasteiger partial charge on any atom is 0.329 e. The Morgan fingerprint density at radius 2 is 1.93 bits per heavy atom. The van der Waals surface area contributed by atoms with Crippen LogP contribution in [0.25, 0.3) is 6.08 Å². The van der Waals surface area contributed by atoms with Crippen LogP contribution in [0.15, 0.2) is 59.1 Å². The molecule has 1 aliphatic heterocycles. The second-order valence-corrected chi connectivity index (χ2v) is 7.06. The molecule has 3 rings (SSSR count). The minimum atomic E-state index is -0.537. The number of nitrogens with zero attached hydrogens (tertiary/aromatic N) is 2. The van der Waals surface area contributed by atoms with Gasteiger partial charge in [0.25, 0.3) is 11.6 Å². The number of aliphatic hydroxyl groups is 1. The fourth-order valence-corrected chi connectivity index (χ4v) is 3.45. The lowest BCUT2D eigenvalue weighted by molar-refractivity contribution is -0.387. The molecule has 1 saturated heterocycles. The lowest BCUT2D eigenvalue weighted by Gasteiger charge is -2.11. The van der Waals surface area contributed by atoms with Crippen molar-refractivity contribution in [3.05, 3.63) is 75.5 Å². The van der Waals surface area contributed by atoms with Crippen molar-refractivity contribution in [3.8, 4) is 0 Å². The molecule has 1 fully saturated rings. The van der Waals surface area contributed by atoms with Gasteiger partial charge in [-0.1, -0.05) is 36.4 Å². The van der Waals surface area contributed by atoms with Gasteiger partial charge in [-0.2, -0.15) is 0 Å². The summed E-state index contributed by atoms with van der Waals surface area (Å²) in [5, 5.41) is 22.7. The summed E-state index contributed by atoms with van der Waals surface area (Å²) in [4.78, 5) is 37.0. The van der Waals surface area contributed by atoms with Crippen molar-refractivity contribution in [3.63, 3.8) is 0 Å². The predicted octanol–water partition coefficient (Wildman–Crippen LogP) is 2.77. The lowest BCUT2D eigenvalue weighted by atomic mass is 10.1. The Hall–Kier alpha value is -3.17. The average molecular weight is 399 g/mol. The molecule has 0 saturated carbocycles. The Bertz CT molecular complexity index is 946. The number of rotatable bonds is 7. The van der Waals surface area contributed by atoms with E-state index >= 15 is 0 Å². The van der Waals surface area contributed by atoms with E-state index in [9.17, 15) is 19.7 Å². The lowest BCUT2D eigenvalue weighted by Crippen LogP contribution is -2.30. The topological polar surface area (TPSA) is 113 Å². The van der Waals surface area contributed by atoms with Gasteiger partial charge in [-0.3, -0.25) is 19.8 Å². The third kappa shape index (κ3) is 4.38. The highest BCUT2D eigenvalue weighted by atomic mass is 32.2. The Morgan fingerprint density at radius 1 is 1.18 bits per heavy atom. The van der Waals surface area contributed by atoms with Gasteiger partial charge in [-0.15, -0.1) is 11.8 Å². The number of imide groups is 1. The van der Waals surface area contributed by atoms with Gasteiger partial charge in [0.2, 0.25) is 0 Å². The van der Waals surface area contributed by atoms with Crippen LogP contribution in [0, 0.1) is 10.1 Å². The van der Waals surface area contributed by atoms with Gasteiger partial charge < -0.3 is 10.4 Å². The number of nitro benzene ring substituents is 1. The SMILES string of the molecule is O=C1N/C(=C\c2ccc(SCCO)c([N+](=O)[O-])c2)C(=O)N1Cc1ccccc1. The normalized spacial score (nSPS) is 15.2. The molecule has 2 aromatic rings. The van der Waals surface area contributed by atoms with E-state index in [1.807, 2.05) is 30.3 Å². The molecule has 2 aromatic carbocycles. The zero-order valence-corrected chi connectivity index (χ0v) is 15.5. The van der Waals surface area contributed by atoms with Crippen molar-refractivity contribution < 1.29 is 19.6 Å². The van der Waals surface area contributed by atoms with Crippen molar-refractivity contribution in [1.82, 2.24) is 10.2 Å². The molecule has 0 unspecified atom stereocenters.